The van der Waals surface area contributed by atoms with Gasteiger partial charge in [-0.1, -0.05) is 12.0 Å². The molecular formula is C40H42F2N4O5. The number of fused-ring (bicyclic) bond motifs is 4. The molecule has 2 aliphatic heterocycles. The number of carbonyl (C=O) groups is 1. The second kappa shape index (κ2) is 12.5. The normalized spacial score (nSPS) is 20.2. The number of piperazine rings is 1. The molecule has 2 bridgehead atoms. The first-order valence-corrected chi connectivity index (χ1v) is 17.7. The van der Waals surface area contributed by atoms with Crippen molar-refractivity contribution < 1.29 is 32.5 Å². The number of hydrogen-bond donors (Lipinski definition) is 0. The standard InChI is InChI=1S/C40H42F2N4O5/c1-7-27-29(41)15-12-23-16-26(50-20-48-5)17-28(30(23)27)36-34(42)32-31(21-8-9-21)35(22-10-11-22)43-37(33(32)38(44-36)49-6)45-18-24-13-14-25(19-45)46(24)39(47)51-40(2,3)4/h1,12,15-17,21-22,24-25H,8-11,13-14,18-20H2,2-6H3. The largest absolute Gasteiger partial charge is 0.480 e. The molecule has 4 aromatic rings. The molecule has 2 atom stereocenters. The van der Waals surface area contributed by atoms with Gasteiger partial charge in [0.25, 0.3) is 0 Å². The van der Waals surface area contributed by atoms with Crippen molar-refractivity contribution in [1.82, 2.24) is 14.9 Å². The van der Waals surface area contributed by atoms with Gasteiger partial charge in [-0.05, 0) is 94.4 Å². The van der Waals surface area contributed by atoms with Gasteiger partial charge >= 0.3 is 6.09 Å². The molecule has 2 saturated heterocycles. The van der Waals surface area contributed by atoms with Gasteiger partial charge in [-0.25, -0.2) is 23.5 Å². The van der Waals surface area contributed by atoms with Gasteiger partial charge in [-0.15, -0.1) is 6.42 Å². The highest BCUT2D eigenvalue weighted by Crippen LogP contribution is 2.55. The quantitative estimate of drug-likeness (QED) is 0.135. The Morgan fingerprint density at radius 3 is 2.27 bits per heavy atom. The van der Waals surface area contributed by atoms with Crippen LogP contribution in [0.3, 0.4) is 0 Å². The van der Waals surface area contributed by atoms with E-state index in [4.69, 9.17) is 35.3 Å². The number of ether oxygens (including phenoxy) is 4. The zero-order valence-corrected chi connectivity index (χ0v) is 29.6. The van der Waals surface area contributed by atoms with E-state index in [1.54, 1.807) is 18.2 Å². The van der Waals surface area contributed by atoms with E-state index < -0.39 is 17.2 Å². The number of nitrogens with zero attached hydrogens (tertiary/aromatic N) is 4. The first kappa shape index (κ1) is 33.5. The van der Waals surface area contributed by atoms with Crippen LogP contribution < -0.4 is 14.4 Å². The van der Waals surface area contributed by atoms with Crippen molar-refractivity contribution in [2.24, 2.45) is 0 Å². The molecule has 1 amide bonds. The molecule has 51 heavy (non-hydrogen) atoms. The molecule has 2 unspecified atom stereocenters. The molecule has 8 rings (SSSR count). The Kier molecular flexibility index (Phi) is 8.21. The van der Waals surface area contributed by atoms with E-state index in [-0.39, 0.29) is 53.9 Å². The summed E-state index contributed by atoms with van der Waals surface area (Å²) in [7, 11) is 3.03. The third-order valence-corrected chi connectivity index (χ3v) is 10.4. The minimum atomic E-state index is -0.606. The Hall–Kier alpha value is -4.69. The molecule has 4 fully saturated rings. The number of hydrogen-bond acceptors (Lipinski definition) is 8. The van der Waals surface area contributed by atoms with Gasteiger partial charge in [0.2, 0.25) is 5.88 Å². The molecule has 0 spiro atoms. The molecule has 2 aromatic heterocycles. The SMILES string of the molecule is C#Cc1c(F)ccc2cc(OCOC)cc(-c3nc(OC)c4c(N5CC6CCC(C5)N6C(=O)OC(C)(C)C)nc(C5CC5)c(C5CC5)c4c3F)c12. The van der Waals surface area contributed by atoms with Crippen molar-refractivity contribution >= 4 is 33.5 Å². The topological polar surface area (TPSA) is 86.2 Å². The number of carbonyl (C=O) groups excluding carboxylic acids is 1. The molecule has 0 radical (unpaired) electrons. The molecule has 2 saturated carbocycles. The first-order valence-electron chi connectivity index (χ1n) is 17.7. The number of halogens is 2. The van der Waals surface area contributed by atoms with E-state index in [1.165, 1.54) is 20.3 Å². The summed E-state index contributed by atoms with van der Waals surface area (Å²) >= 11 is 0. The van der Waals surface area contributed by atoms with Crippen molar-refractivity contribution in [3.8, 4) is 35.2 Å². The van der Waals surface area contributed by atoms with Crippen LogP contribution in [0.5, 0.6) is 11.6 Å². The first-order chi connectivity index (χ1) is 24.5. The van der Waals surface area contributed by atoms with Crippen molar-refractivity contribution in [2.45, 2.75) is 88.8 Å². The predicted molar refractivity (Wildman–Crippen MR) is 190 cm³/mol. The molecule has 2 aliphatic carbocycles. The number of aromatic nitrogens is 2. The zero-order chi connectivity index (χ0) is 35.8. The average molecular weight is 697 g/mol. The number of benzene rings is 2. The van der Waals surface area contributed by atoms with Crippen LogP contribution in [0.2, 0.25) is 0 Å². The summed E-state index contributed by atoms with van der Waals surface area (Å²) in [5.74, 6) is 2.97. The maximum atomic E-state index is 17.8. The number of methoxy groups -OCH3 is 2. The van der Waals surface area contributed by atoms with Crippen LogP contribution >= 0.6 is 0 Å². The van der Waals surface area contributed by atoms with Crippen LogP contribution in [0.1, 0.15) is 88.0 Å². The molecule has 4 aliphatic rings. The van der Waals surface area contributed by atoms with Crippen LogP contribution in [0.4, 0.5) is 19.4 Å². The highest BCUT2D eigenvalue weighted by molar-refractivity contribution is 6.06. The van der Waals surface area contributed by atoms with E-state index in [2.05, 4.69) is 10.8 Å². The lowest BCUT2D eigenvalue weighted by atomic mass is 9.92. The minimum Gasteiger partial charge on any atom is -0.480 e. The Labute approximate surface area is 296 Å². The number of amides is 1. The van der Waals surface area contributed by atoms with Crippen LogP contribution in [0.25, 0.3) is 32.8 Å². The fourth-order valence-corrected chi connectivity index (χ4v) is 8.01. The van der Waals surface area contributed by atoms with Gasteiger partial charge in [0.1, 0.15) is 28.7 Å². The molecule has 4 heterocycles. The summed E-state index contributed by atoms with van der Waals surface area (Å²) < 4.78 is 55.9. The third kappa shape index (κ3) is 5.87. The summed E-state index contributed by atoms with van der Waals surface area (Å²) in [6.07, 6.45) is 11.1. The Bertz CT molecular complexity index is 2100. The minimum absolute atomic E-state index is 0.00933. The van der Waals surface area contributed by atoms with E-state index >= 15 is 8.78 Å². The molecule has 266 valence electrons. The van der Waals surface area contributed by atoms with Crippen LogP contribution in [0, 0.1) is 24.0 Å². The smallest absolute Gasteiger partial charge is 0.410 e. The highest BCUT2D eigenvalue weighted by atomic mass is 19.1. The van der Waals surface area contributed by atoms with Crippen molar-refractivity contribution in [2.75, 3.05) is 39.0 Å². The average Bonchev–Trinajstić information content (AvgIpc) is 4.03. The van der Waals surface area contributed by atoms with Crippen LogP contribution in [-0.2, 0) is 9.47 Å². The third-order valence-electron chi connectivity index (χ3n) is 10.4. The second-order valence-corrected chi connectivity index (χ2v) is 15.2. The van der Waals surface area contributed by atoms with Crippen molar-refractivity contribution in [1.29, 1.82) is 0 Å². The molecule has 11 heteroatoms. The predicted octanol–water partition coefficient (Wildman–Crippen LogP) is 8.04. The molecule has 0 N–H and O–H groups in total. The summed E-state index contributed by atoms with van der Waals surface area (Å²) in [4.78, 5) is 27.6. The van der Waals surface area contributed by atoms with E-state index in [1.807, 2.05) is 25.7 Å². The number of pyridine rings is 2. The second-order valence-electron chi connectivity index (χ2n) is 15.2. The molecule has 2 aromatic carbocycles. The number of terminal acetylenes is 1. The van der Waals surface area contributed by atoms with Gasteiger partial charge in [0, 0.05) is 42.5 Å². The lowest BCUT2D eigenvalue weighted by molar-refractivity contribution is 0.0123. The van der Waals surface area contributed by atoms with Crippen molar-refractivity contribution in [3.05, 3.63) is 52.7 Å². The molecular weight excluding hydrogens is 654 g/mol. The van der Waals surface area contributed by atoms with Gasteiger partial charge in [-0.2, -0.15) is 0 Å². The summed E-state index contributed by atoms with van der Waals surface area (Å²) in [5.41, 5.74) is 1.52. The lowest BCUT2D eigenvalue weighted by Gasteiger charge is -2.42. The summed E-state index contributed by atoms with van der Waals surface area (Å²) in [6.45, 7) is 6.61. The van der Waals surface area contributed by atoms with Crippen molar-refractivity contribution in [3.63, 3.8) is 0 Å². The fourth-order valence-electron chi connectivity index (χ4n) is 8.01. The number of rotatable bonds is 8. The number of anilines is 1. The Morgan fingerprint density at radius 1 is 0.961 bits per heavy atom. The molecule has 9 nitrogen and oxygen atoms in total. The summed E-state index contributed by atoms with van der Waals surface area (Å²) in [6, 6.07) is 6.09. The summed E-state index contributed by atoms with van der Waals surface area (Å²) in [5, 5.41) is 1.87. The van der Waals surface area contributed by atoms with Gasteiger partial charge in [0.05, 0.1) is 35.8 Å². The maximum absolute atomic E-state index is 17.8. The van der Waals surface area contributed by atoms with Crippen LogP contribution in [0.15, 0.2) is 24.3 Å². The van der Waals surface area contributed by atoms with Crippen LogP contribution in [-0.4, -0.2) is 72.7 Å². The fraction of sp³-hybridized carbons (Fsp3) is 0.475. The van der Waals surface area contributed by atoms with Gasteiger partial charge in [-0.3, -0.25) is 4.90 Å². The van der Waals surface area contributed by atoms with E-state index in [0.717, 1.165) is 49.8 Å². The maximum Gasteiger partial charge on any atom is 0.410 e. The monoisotopic (exact) mass is 696 g/mol. The lowest BCUT2D eigenvalue weighted by Crippen LogP contribution is -2.57. The Balaban J connectivity index is 1.35. The highest BCUT2D eigenvalue weighted by Gasteiger charge is 2.46. The van der Waals surface area contributed by atoms with Gasteiger partial charge < -0.3 is 23.8 Å². The van der Waals surface area contributed by atoms with E-state index in [9.17, 15) is 4.79 Å². The van der Waals surface area contributed by atoms with E-state index in [0.29, 0.717) is 51.8 Å². The zero-order valence-electron chi connectivity index (χ0n) is 29.6. The van der Waals surface area contributed by atoms with Gasteiger partial charge in [0.15, 0.2) is 12.6 Å². The Morgan fingerprint density at radius 2 is 1.67 bits per heavy atom.